The van der Waals surface area contributed by atoms with Crippen molar-refractivity contribution in [2.24, 2.45) is 0 Å². The number of benzene rings is 1. The molecule has 1 unspecified atom stereocenters. The Labute approximate surface area is 84.0 Å². The highest BCUT2D eigenvalue weighted by molar-refractivity contribution is 6.30. The molecule has 0 heterocycles. The monoisotopic (exact) mass is 196 g/mol. The van der Waals surface area contributed by atoms with Crippen LogP contribution in [0.15, 0.2) is 36.9 Å². The molecule has 2 heteroatoms. The van der Waals surface area contributed by atoms with Crippen molar-refractivity contribution in [2.75, 3.05) is 7.11 Å². The summed E-state index contributed by atoms with van der Waals surface area (Å²) in [7, 11) is 1.70. The lowest BCUT2D eigenvalue weighted by molar-refractivity contribution is 0.106. The molecule has 70 valence electrons. The molecule has 1 nitrogen and oxygen atoms in total. The normalized spacial score (nSPS) is 12.5. The molecule has 1 aromatic rings. The van der Waals surface area contributed by atoms with E-state index in [0.29, 0.717) is 0 Å². The second-order valence-electron chi connectivity index (χ2n) is 2.80. The Morgan fingerprint density at radius 2 is 2.08 bits per heavy atom. The van der Waals surface area contributed by atoms with Gasteiger partial charge >= 0.3 is 0 Å². The van der Waals surface area contributed by atoms with E-state index in [2.05, 4.69) is 6.58 Å². The van der Waals surface area contributed by atoms with Crippen molar-refractivity contribution in [3.05, 3.63) is 47.5 Å². The van der Waals surface area contributed by atoms with Gasteiger partial charge in [-0.05, 0) is 24.1 Å². The van der Waals surface area contributed by atoms with Crippen molar-refractivity contribution < 1.29 is 4.74 Å². The van der Waals surface area contributed by atoms with Crippen LogP contribution in [0.4, 0.5) is 0 Å². The maximum atomic E-state index is 5.78. The zero-order chi connectivity index (χ0) is 9.68. The molecule has 0 fully saturated rings. The largest absolute Gasteiger partial charge is 0.376 e. The molecule has 1 atom stereocenters. The van der Waals surface area contributed by atoms with Crippen molar-refractivity contribution in [1.82, 2.24) is 0 Å². The van der Waals surface area contributed by atoms with Gasteiger partial charge in [-0.3, -0.25) is 0 Å². The molecule has 0 bridgehead atoms. The molecule has 13 heavy (non-hydrogen) atoms. The highest BCUT2D eigenvalue weighted by Crippen LogP contribution is 2.22. The molecular weight excluding hydrogens is 184 g/mol. The number of hydrogen-bond donors (Lipinski definition) is 0. The Balaban J connectivity index is 2.78. The summed E-state index contributed by atoms with van der Waals surface area (Å²) in [6.07, 6.45) is 2.76. The molecule has 0 spiro atoms. The van der Waals surface area contributed by atoms with Crippen LogP contribution >= 0.6 is 11.6 Å². The standard InChI is InChI=1S/C11H13ClO/c1-3-4-11(13-2)9-5-7-10(12)8-6-9/h3,5-8,11H,1,4H2,2H3. The van der Waals surface area contributed by atoms with Gasteiger partial charge in [-0.1, -0.05) is 29.8 Å². The van der Waals surface area contributed by atoms with E-state index >= 15 is 0 Å². The molecule has 0 aliphatic rings. The Bertz CT molecular complexity index is 266. The van der Waals surface area contributed by atoms with Gasteiger partial charge in [0.15, 0.2) is 0 Å². The first kappa shape index (κ1) is 10.3. The molecule has 0 aliphatic carbocycles. The molecular formula is C11H13ClO. The second-order valence-corrected chi connectivity index (χ2v) is 3.24. The average Bonchev–Trinajstić information content (AvgIpc) is 2.16. The Kier molecular flexibility index (Phi) is 4.00. The Morgan fingerprint density at radius 3 is 2.54 bits per heavy atom. The van der Waals surface area contributed by atoms with Crippen LogP contribution in [-0.4, -0.2) is 7.11 Å². The van der Waals surface area contributed by atoms with Gasteiger partial charge in [-0.25, -0.2) is 0 Å². The molecule has 0 aromatic heterocycles. The molecule has 0 amide bonds. The first-order chi connectivity index (χ1) is 6.27. The van der Waals surface area contributed by atoms with Crippen molar-refractivity contribution in [3.63, 3.8) is 0 Å². The third-order valence-corrected chi connectivity index (χ3v) is 2.16. The van der Waals surface area contributed by atoms with Crippen molar-refractivity contribution >= 4 is 11.6 Å². The highest BCUT2D eigenvalue weighted by Gasteiger charge is 2.07. The lowest BCUT2D eigenvalue weighted by atomic mass is 10.1. The van der Waals surface area contributed by atoms with Crippen LogP contribution in [0.5, 0.6) is 0 Å². The Morgan fingerprint density at radius 1 is 1.46 bits per heavy atom. The van der Waals surface area contributed by atoms with E-state index in [1.165, 1.54) is 0 Å². The first-order valence-electron chi connectivity index (χ1n) is 4.17. The smallest absolute Gasteiger partial charge is 0.0855 e. The van der Waals surface area contributed by atoms with Gasteiger partial charge in [0.1, 0.15) is 0 Å². The molecule has 1 rings (SSSR count). The van der Waals surface area contributed by atoms with Crippen LogP contribution in [-0.2, 0) is 4.74 Å². The summed E-state index contributed by atoms with van der Waals surface area (Å²) >= 11 is 5.78. The van der Waals surface area contributed by atoms with Gasteiger partial charge in [-0.2, -0.15) is 0 Å². The summed E-state index contributed by atoms with van der Waals surface area (Å²) in [5.74, 6) is 0. The number of hydrogen-bond acceptors (Lipinski definition) is 1. The maximum Gasteiger partial charge on any atom is 0.0855 e. The predicted molar refractivity (Wildman–Crippen MR) is 56.0 cm³/mol. The minimum atomic E-state index is 0.0924. The summed E-state index contributed by atoms with van der Waals surface area (Å²) in [6.45, 7) is 3.69. The fourth-order valence-corrected chi connectivity index (χ4v) is 1.32. The van der Waals surface area contributed by atoms with Crippen LogP contribution in [0.1, 0.15) is 18.1 Å². The van der Waals surface area contributed by atoms with Crippen molar-refractivity contribution in [2.45, 2.75) is 12.5 Å². The SMILES string of the molecule is C=CCC(OC)c1ccc(Cl)cc1. The lowest BCUT2D eigenvalue weighted by Crippen LogP contribution is -1.99. The quantitative estimate of drug-likeness (QED) is 0.669. The fraction of sp³-hybridized carbons (Fsp3) is 0.273. The van der Waals surface area contributed by atoms with Crippen LogP contribution in [0.3, 0.4) is 0 Å². The van der Waals surface area contributed by atoms with Gasteiger partial charge in [0.05, 0.1) is 6.10 Å². The second kappa shape index (κ2) is 5.05. The molecule has 0 saturated heterocycles. The van der Waals surface area contributed by atoms with Gasteiger partial charge < -0.3 is 4.74 Å². The van der Waals surface area contributed by atoms with Gasteiger partial charge in [-0.15, -0.1) is 6.58 Å². The fourth-order valence-electron chi connectivity index (χ4n) is 1.20. The van der Waals surface area contributed by atoms with E-state index in [9.17, 15) is 0 Å². The molecule has 0 radical (unpaired) electrons. The van der Waals surface area contributed by atoms with Crippen molar-refractivity contribution in [3.8, 4) is 0 Å². The summed E-state index contributed by atoms with van der Waals surface area (Å²) in [6, 6.07) is 7.68. The zero-order valence-corrected chi connectivity index (χ0v) is 8.42. The van der Waals surface area contributed by atoms with E-state index in [4.69, 9.17) is 16.3 Å². The van der Waals surface area contributed by atoms with E-state index in [1.54, 1.807) is 7.11 Å². The average molecular weight is 197 g/mol. The first-order valence-corrected chi connectivity index (χ1v) is 4.55. The van der Waals surface area contributed by atoms with E-state index in [1.807, 2.05) is 30.3 Å². The summed E-state index contributed by atoms with van der Waals surface area (Å²) in [4.78, 5) is 0. The van der Waals surface area contributed by atoms with Crippen LogP contribution in [0, 0.1) is 0 Å². The zero-order valence-electron chi connectivity index (χ0n) is 7.66. The highest BCUT2D eigenvalue weighted by atomic mass is 35.5. The topological polar surface area (TPSA) is 9.23 Å². The van der Waals surface area contributed by atoms with Crippen LogP contribution in [0.2, 0.25) is 5.02 Å². The summed E-state index contributed by atoms with van der Waals surface area (Å²) in [5.41, 5.74) is 1.13. The van der Waals surface area contributed by atoms with Gasteiger partial charge in [0.25, 0.3) is 0 Å². The third-order valence-electron chi connectivity index (χ3n) is 1.91. The number of halogens is 1. The number of ether oxygens (including phenoxy) is 1. The molecule has 0 N–H and O–H groups in total. The van der Waals surface area contributed by atoms with Gasteiger partial charge in [0, 0.05) is 12.1 Å². The maximum absolute atomic E-state index is 5.78. The summed E-state index contributed by atoms with van der Waals surface area (Å²) < 4.78 is 5.30. The Hall–Kier alpha value is -0.790. The van der Waals surface area contributed by atoms with E-state index in [-0.39, 0.29) is 6.10 Å². The molecule has 0 saturated carbocycles. The van der Waals surface area contributed by atoms with Gasteiger partial charge in [0.2, 0.25) is 0 Å². The van der Waals surface area contributed by atoms with E-state index in [0.717, 1.165) is 17.0 Å². The van der Waals surface area contributed by atoms with Crippen LogP contribution in [0.25, 0.3) is 0 Å². The number of methoxy groups -OCH3 is 1. The molecule has 0 aliphatic heterocycles. The molecule has 1 aromatic carbocycles. The minimum Gasteiger partial charge on any atom is -0.376 e. The third kappa shape index (κ3) is 2.87. The van der Waals surface area contributed by atoms with Crippen molar-refractivity contribution in [1.29, 1.82) is 0 Å². The lowest BCUT2D eigenvalue weighted by Gasteiger charge is -2.13. The number of rotatable bonds is 4. The minimum absolute atomic E-state index is 0.0924. The van der Waals surface area contributed by atoms with E-state index < -0.39 is 0 Å². The predicted octanol–water partition coefficient (Wildman–Crippen LogP) is 3.60. The van der Waals surface area contributed by atoms with Crippen LogP contribution < -0.4 is 0 Å². The summed E-state index contributed by atoms with van der Waals surface area (Å²) in [5, 5.41) is 0.747.